The van der Waals surface area contributed by atoms with E-state index in [1.807, 2.05) is 11.8 Å². The molecule has 0 amide bonds. The quantitative estimate of drug-likeness (QED) is 0.350. The summed E-state index contributed by atoms with van der Waals surface area (Å²) in [5, 5.41) is 9.39. The zero-order valence-corrected chi connectivity index (χ0v) is 26.2. The summed E-state index contributed by atoms with van der Waals surface area (Å²) in [4.78, 5) is 13.5. The molecule has 2 N–H and O–H groups in total. The van der Waals surface area contributed by atoms with Crippen molar-refractivity contribution in [2.75, 3.05) is 18.0 Å². The molecule has 244 valence electrons. The number of halogens is 3. The Kier molecular flexibility index (Phi) is 9.87. The maximum absolute atomic E-state index is 13.7. The zero-order valence-electron chi connectivity index (χ0n) is 24.6. The van der Waals surface area contributed by atoms with E-state index in [1.165, 1.54) is 46.8 Å². The highest BCUT2D eigenvalue weighted by Crippen LogP contribution is 2.36. The molecule has 1 aliphatic carbocycles. The Morgan fingerprint density at radius 3 is 1.98 bits per heavy atom. The van der Waals surface area contributed by atoms with Crippen LogP contribution in [0.3, 0.4) is 0 Å². The molecular weight excluding hydrogens is 637 g/mol. The van der Waals surface area contributed by atoms with Crippen molar-refractivity contribution in [2.24, 2.45) is 5.92 Å². The van der Waals surface area contributed by atoms with Crippen molar-refractivity contribution in [2.45, 2.75) is 61.8 Å². The molecule has 1 heterocycles. The van der Waals surface area contributed by atoms with Crippen molar-refractivity contribution in [3.63, 3.8) is 0 Å². The molecule has 3 aromatic carbocycles. The van der Waals surface area contributed by atoms with E-state index in [9.17, 15) is 39.9 Å². The molecule has 0 spiro atoms. The Hall–Kier alpha value is -3.66. The minimum Gasteiger partial charge on any atom is -0.481 e. The summed E-state index contributed by atoms with van der Waals surface area (Å²) in [6.07, 6.45) is -4.29. The van der Waals surface area contributed by atoms with Gasteiger partial charge in [0, 0.05) is 30.9 Å². The van der Waals surface area contributed by atoms with Crippen LogP contribution in [0, 0.1) is 12.8 Å². The van der Waals surface area contributed by atoms with Crippen LogP contribution in [0.1, 0.15) is 30.5 Å². The molecule has 0 unspecified atom stereocenters. The fraction of sp³-hybridized carbons (Fsp3) is 0.367. The van der Waals surface area contributed by atoms with E-state index < -0.39 is 50.5 Å². The number of benzene rings is 3. The number of sulfonamides is 1. The minimum absolute atomic E-state index is 0.0666. The minimum atomic E-state index is -4.77. The monoisotopic (exact) mass is 670 g/mol. The lowest BCUT2D eigenvalue weighted by Gasteiger charge is -2.44. The summed E-state index contributed by atoms with van der Waals surface area (Å²) in [5.41, 5.74) is 2.93. The average Bonchev–Trinajstić information content (AvgIpc) is 3.37. The molecule has 1 saturated heterocycles. The van der Waals surface area contributed by atoms with E-state index >= 15 is 0 Å². The van der Waals surface area contributed by atoms with E-state index in [4.69, 9.17) is 4.55 Å². The lowest BCUT2D eigenvalue weighted by Crippen LogP contribution is -2.58. The second-order valence-electron chi connectivity index (χ2n) is 11.1. The summed E-state index contributed by atoms with van der Waals surface area (Å²) in [6, 6.07) is 15.6. The summed E-state index contributed by atoms with van der Waals surface area (Å²) >= 11 is 0. The van der Waals surface area contributed by atoms with Gasteiger partial charge in [-0.1, -0.05) is 29.8 Å². The number of carboxylic acid groups (broad SMARTS) is 1. The molecule has 0 bridgehead atoms. The highest BCUT2D eigenvalue weighted by atomic mass is 32.2. The van der Waals surface area contributed by atoms with E-state index in [0.717, 1.165) is 11.1 Å². The topological polar surface area (TPSA) is 142 Å². The standard InChI is InChI=1S/C23H25F3N2O5S.C7H8O3S/c1-14-12-27(18-6-8-19(9-7-18)33-23(24,25)26)13-15(2)28(14)34(31,32)21-5-3-4-16-10-17(22(29)30)11-20(16)21;1-6-2-4-7(5-3-6)11(8,9)10/h3-9,14-15,17H,10-13H2,1-2H3,(H,29,30);2-5H,1H3,(H,8,9,10)/t14-,15+,17-;/m0./s1. The smallest absolute Gasteiger partial charge is 0.481 e. The lowest BCUT2D eigenvalue weighted by molar-refractivity contribution is -0.274. The molecule has 2 aliphatic rings. The Morgan fingerprint density at radius 1 is 0.889 bits per heavy atom. The number of rotatable bonds is 6. The third-order valence-electron chi connectivity index (χ3n) is 7.64. The van der Waals surface area contributed by atoms with Crippen molar-refractivity contribution in [1.29, 1.82) is 0 Å². The molecule has 5 rings (SSSR count). The number of ether oxygens (including phenoxy) is 1. The summed E-state index contributed by atoms with van der Waals surface area (Å²) in [5.74, 6) is -1.90. The van der Waals surface area contributed by atoms with Crippen LogP contribution in [0.5, 0.6) is 5.75 Å². The van der Waals surface area contributed by atoms with Crippen molar-refractivity contribution in [3.05, 3.63) is 83.4 Å². The van der Waals surface area contributed by atoms with Crippen LogP contribution in [0.25, 0.3) is 0 Å². The number of hydrogen-bond acceptors (Lipinski definition) is 7. The molecule has 0 aromatic heterocycles. The van der Waals surface area contributed by atoms with Gasteiger partial charge in [0.2, 0.25) is 10.0 Å². The fourth-order valence-electron chi connectivity index (χ4n) is 5.71. The Labute approximate surface area is 259 Å². The van der Waals surface area contributed by atoms with E-state index in [1.54, 1.807) is 38.1 Å². The van der Waals surface area contributed by atoms with Gasteiger partial charge in [-0.3, -0.25) is 9.35 Å². The van der Waals surface area contributed by atoms with Crippen LogP contribution in [0.2, 0.25) is 0 Å². The molecular formula is C30H33F3N2O8S2. The molecule has 0 saturated carbocycles. The predicted octanol–water partition coefficient (Wildman–Crippen LogP) is 4.91. The van der Waals surface area contributed by atoms with Gasteiger partial charge >= 0.3 is 12.3 Å². The second-order valence-corrected chi connectivity index (χ2v) is 14.3. The van der Waals surface area contributed by atoms with Gasteiger partial charge < -0.3 is 14.7 Å². The first-order chi connectivity index (χ1) is 20.9. The van der Waals surface area contributed by atoms with Crippen molar-refractivity contribution < 1.29 is 49.2 Å². The van der Waals surface area contributed by atoms with Crippen LogP contribution in [0.4, 0.5) is 18.9 Å². The van der Waals surface area contributed by atoms with Gasteiger partial charge in [0.25, 0.3) is 10.1 Å². The van der Waals surface area contributed by atoms with E-state index in [-0.39, 0.29) is 22.0 Å². The van der Waals surface area contributed by atoms with Gasteiger partial charge in [-0.15, -0.1) is 13.2 Å². The number of carboxylic acids is 1. The number of nitrogens with zero attached hydrogens (tertiary/aromatic N) is 2. The number of alkyl halides is 3. The highest BCUT2D eigenvalue weighted by molar-refractivity contribution is 7.89. The maximum atomic E-state index is 13.7. The number of fused-ring (bicyclic) bond motifs is 1. The molecule has 3 atom stereocenters. The van der Waals surface area contributed by atoms with Gasteiger partial charge in [0.15, 0.2) is 0 Å². The average molecular weight is 671 g/mol. The van der Waals surface area contributed by atoms with Crippen molar-refractivity contribution in [1.82, 2.24) is 4.31 Å². The normalized spacial score (nSPS) is 20.6. The molecule has 10 nitrogen and oxygen atoms in total. The lowest BCUT2D eigenvalue weighted by atomic mass is 10.1. The number of anilines is 1. The Balaban J connectivity index is 0.000000354. The van der Waals surface area contributed by atoms with E-state index in [0.29, 0.717) is 30.8 Å². The van der Waals surface area contributed by atoms with Gasteiger partial charge in [-0.05, 0) is 87.2 Å². The first-order valence-corrected chi connectivity index (χ1v) is 16.8. The molecule has 1 aliphatic heterocycles. The second kappa shape index (κ2) is 13.0. The fourth-order valence-corrected chi connectivity index (χ4v) is 8.27. The third-order valence-corrected chi connectivity index (χ3v) is 10.7. The number of aryl methyl sites for hydroxylation is 1. The summed E-state index contributed by atoms with van der Waals surface area (Å²) in [6.45, 7) is 6.09. The molecule has 15 heteroatoms. The van der Waals surface area contributed by atoms with Crippen molar-refractivity contribution in [3.8, 4) is 5.75 Å². The van der Waals surface area contributed by atoms with E-state index in [2.05, 4.69) is 4.74 Å². The van der Waals surface area contributed by atoms with Gasteiger partial charge in [-0.25, -0.2) is 8.42 Å². The Morgan fingerprint density at radius 2 is 1.47 bits per heavy atom. The summed E-state index contributed by atoms with van der Waals surface area (Å²) < 4.78 is 99.6. The SMILES string of the molecule is C[C@@H]1CN(c2ccc(OC(F)(F)F)cc2)C[C@H](C)N1S(=O)(=O)c1cccc2c1C[C@@H](C(=O)O)C2.Cc1ccc(S(=O)(=O)O)cc1. The molecule has 3 aromatic rings. The summed E-state index contributed by atoms with van der Waals surface area (Å²) in [7, 11) is -7.92. The van der Waals surface area contributed by atoms with Crippen LogP contribution < -0.4 is 9.64 Å². The van der Waals surface area contributed by atoms with Crippen LogP contribution in [0.15, 0.2) is 76.5 Å². The van der Waals surface area contributed by atoms with Gasteiger partial charge in [0.1, 0.15) is 5.75 Å². The molecule has 1 fully saturated rings. The van der Waals surface area contributed by atoms with Gasteiger partial charge in [0.05, 0.1) is 15.7 Å². The van der Waals surface area contributed by atoms with Crippen LogP contribution in [-0.4, -0.2) is 68.3 Å². The first-order valence-electron chi connectivity index (χ1n) is 13.9. The third kappa shape index (κ3) is 8.14. The number of piperazine rings is 1. The zero-order chi connectivity index (χ0) is 33.3. The van der Waals surface area contributed by atoms with Crippen LogP contribution in [-0.2, 0) is 37.8 Å². The first kappa shape index (κ1) is 34.2. The maximum Gasteiger partial charge on any atom is 0.573 e. The van der Waals surface area contributed by atoms with Crippen LogP contribution >= 0.6 is 0 Å². The molecule has 45 heavy (non-hydrogen) atoms. The highest BCUT2D eigenvalue weighted by Gasteiger charge is 2.41. The Bertz CT molecular complexity index is 1740. The number of aliphatic carboxylic acids is 1. The largest absolute Gasteiger partial charge is 0.573 e. The number of hydrogen-bond donors (Lipinski definition) is 2. The molecule has 0 radical (unpaired) electrons. The van der Waals surface area contributed by atoms with Gasteiger partial charge in [-0.2, -0.15) is 12.7 Å². The predicted molar refractivity (Wildman–Crippen MR) is 159 cm³/mol. The number of carbonyl (C=O) groups is 1. The van der Waals surface area contributed by atoms with Crippen molar-refractivity contribution >= 4 is 31.8 Å².